The number of aliphatic hydroxyl groups excluding tert-OH is 2. The second-order valence-corrected chi connectivity index (χ2v) is 11.3. The summed E-state index contributed by atoms with van der Waals surface area (Å²) < 4.78 is 0. The molecule has 5 rings (SSSR count). The zero-order chi connectivity index (χ0) is 28.4. The number of nitrogens with zero attached hydrogens (tertiary/aromatic N) is 2. The second-order valence-electron chi connectivity index (χ2n) is 10.4. The van der Waals surface area contributed by atoms with Crippen molar-refractivity contribution < 1.29 is 34.8 Å². The molecule has 3 aliphatic carbocycles. The number of phenolic OH excluding ortho intramolecular Hbond substituents is 1. The molecule has 1 amide bonds. The zero-order valence-corrected chi connectivity index (χ0v) is 22.5. The Morgan fingerprint density at radius 1 is 1.23 bits per heavy atom. The van der Waals surface area contributed by atoms with E-state index in [1.807, 2.05) is 24.5 Å². The maximum Gasteiger partial charge on any atom is 0.255 e. The number of likely N-dealkylation sites (N-methyl/N-ethyl adjacent to an activating group) is 1. The number of carbonyl (C=O) groups is 3. The van der Waals surface area contributed by atoms with Crippen molar-refractivity contribution in [3.05, 3.63) is 64.1 Å². The predicted molar refractivity (Wildman–Crippen MR) is 145 cm³/mol. The molecule has 0 saturated heterocycles. The molecule has 10 nitrogen and oxygen atoms in total. The number of primary amides is 1. The Labute approximate surface area is 228 Å². The number of aliphatic hydroxyl groups is 3. The van der Waals surface area contributed by atoms with Crippen LogP contribution in [-0.2, 0) is 26.6 Å². The number of rotatable bonds is 5. The first kappa shape index (κ1) is 26.9. The maximum absolute atomic E-state index is 14.0. The van der Waals surface area contributed by atoms with Crippen LogP contribution in [0.2, 0.25) is 0 Å². The molecule has 0 bridgehead atoms. The number of aromatic nitrogens is 1. The summed E-state index contributed by atoms with van der Waals surface area (Å²) in [5.74, 6) is -6.24. The monoisotopic (exact) mass is 551 g/mol. The number of amides is 1. The number of pyridine rings is 1. The normalized spacial score (nSPS) is 26.4. The van der Waals surface area contributed by atoms with Crippen molar-refractivity contribution in [3.63, 3.8) is 0 Å². The van der Waals surface area contributed by atoms with E-state index < -0.39 is 58.0 Å². The van der Waals surface area contributed by atoms with Crippen molar-refractivity contribution in [2.75, 3.05) is 20.4 Å². The van der Waals surface area contributed by atoms with Crippen LogP contribution in [0.25, 0.3) is 17.0 Å². The highest BCUT2D eigenvalue weighted by Crippen LogP contribution is 2.54. The number of thioether (sulfide) groups is 1. The van der Waals surface area contributed by atoms with E-state index in [1.165, 1.54) is 16.7 Å². The molecule has 11 heteroatoms. The molecule has 2 aromatic rings. The van der Waals surface area contributed by atoms with Crippen LogP contribution >= 0.6 is 11.8 Å². The number of aromatic hydroxyl groups is 1. The summed E-state index contributed by atoms with van der Waals surface area (Å²) in [5, 5.41) is 45.5. The highest BCUT2D eigenvalue weighted by molar-refractivity contribution is 7.97. The molecule has 0 unspecified atom stereocenters. The molecule has 1 aromatic heterocycles. The Morgan fingerprint density at radius 3 is 2.54 bits per heavy atom. The first-order valence-corrected chi connectivity index (χ1v) is 13.8. The van der Waals surface area contributed by atoms with Crippen molar-refractivity contribution in [2.45, 2.75) is 30.2 Å². The summed E-state index contributed by atoms with van der Waals surface area (Å²) in [6, 6.07) is 6.11. The van der Waals surface area contributed by atoms with Crippen molar-refractivity contribution >= 4 is 35.0 Å². The molecule has 0 spiro atoms. The Balaban J connectivity index is 1.78. The Morgan fingerprint density at radius 2 is 1.95 bits per heavy atom. The highest BCUT2D eigenvalue weighted by atomic mass is 32.2. The summed E-state index contributed by atoms with van der Waals surface area (Å²) in [5.41, 5.74) is 4.19. The average Bonchev–Trinajstić information content (AvgIpc) is 2.88. The van der Waals surface area contributed by atoms with Crippen molar-refractivity contribution in [3.8, 4) is 17.0 Å². The number of benzene rings is 1. The van der Waals surface area contributed by atoms with Crippen molar-refractivity contribution in [1.29, 1.82) is 0 Å². The first-order valence-electron chi connectivity index (χ1n) is 12.4. The van der Waals surface area contributed by atoms with Gasteiger partial charge in [-0.25, -0.2) is 0 Å². The molecule has 1 heterocycles. The first-order chi connectivity index (χ1) is 18.4. The predicted octanol–water partition coefficient (Wildman–Crippen LogP) is 1.89. The summed E-state index contributed by atoms with van der Waals surface area (Å²) in [6.45, 7) is 0. The number of hydrogen-bond acceptors (Lipinski definition) is 10. The van der Waals surface area contributed by atoms with Gasteiger partial charge in [0.05, 0.1) is 17.3 Å². The minimum absolute atomic E-state index is 0.0285. The van der Waals surface area contributed by atoms with Crippen LogP contribution in [0.4, 0.5) is 0 Å². The lowest BCUT2D eigenvalue weighted by Crippen LogP contribution is -2.65. The SMILES string of the molecule is CSCc1cc(-c2ccccn2)c2c(c1O)C(O)=C1C(=O)[C@]3(O)C(O)=C(C(N)=O)C(=O)[C@@H](N(C)C)[C@@H]3C[C@@H]1C2. The molecule has 1 fully saturated rings. The van der Waals surface area contributed by atoms with Gasteiger partial charge in [0.1, 0.15) is 22.8 Å². The van der Waals surface area contributed by atoms with Crippen LogP contribution in [0.5, 0.6) is 5.75 Å². The number of fused-ring (bicyclic) bond motifs is 3. The molecular weight excluding hydrogens is 522 g/mol. The van der Waals surface area contributed by atoms with E-state index in [0.29, 0.717) is 28.1 Å². The van der Waals surface area contributed by atoms with E-state index >= 15 is 0 Å². The lowest BCUT2D eigenvalue weighted by atomic mass is 9.57. The van der Waals surface area contributed by atoms with Crippen LogP contribution in [0.3, 0.4) is 0 Å². The van der Waals surface area contributed by atoms with E-state index in [1.54, 1.807) is 26.4 Å². The lowest BCUT2D eigenvalue weighted by molar-refractivity contribution is -0.153. The summed E-state index contributed by atoms with van der Waals surface area (Å²) in [7, 11) is 3.13. The number of phenols is 1. The molecule has 3 aliphatic rings. The molecule has 204 valence electrons. The van der Waals surface area contributed by atoms with Crippen molar-refractivity contribution in [1.82, 2.24) is 9.88 Å². The Kier molecular flexibility index (Phi) is 6.56. The molecule has 4 atom stereocenters. The standard InChI is InChI=1S/C28H29N3O7S/c1-31(2)21-16-10-12-8-15-14(17-6-4-5-7-30-17)9-13(11-39-3)22(32)19(15)23(33)18(12)25(35)28(16,38)26(36)20(24(21)34)27(29)37/h4-7,9,12,16,21,32-33,36,38H,8,10-11H2,1-3H3,(H2,29,37)/t12-,16-,21-,28-/m0/s1. The number of ketones is 2. The van der Waals surface area contributed by atoms with Gasteiger partial charge in [-0.1, -0.05) is 6.07 Å². The molecular formula is C28H29N3O7S. The number of nitrogens with two attached hydrogens (primary N) is 1. The van der Waals surface area contributed by atoms with Gasteiger partial charge in [-0.3, -0.25) is 24.3 Å². The van der Waals surface area contributed by atoms with E-state index in [4.69, 9.17) is 5.73 Å². The van der Waals surface area contributed by atoms with Gasteiger partial charge < -0.3 is 26.2 Å². The molecule has 0 aliphatic heterocycles. The third-order valence-electron chi connectivity index (χ3n) is 8.04. The number of hydrogen-bond donors (Lipinski definition) is 5. The average molecular weight is 552 g/mol. The second kappa shape index (κ2) is 9.51. The lowest BCUT2D eigenvalue weighted by Gasteiger charge is -2.50. The molecule has 1 aromatic carbocycles. The summed E-state index contributed by atoms with van der Waals surface area (Å²) >= 11 is 1.46. The summed E-state index contributed by atoms with van der Waals surface area (Å²) in [4.78, 5) is 45.3. The third-order valence-corrected chi connectivity index (χ3v) is 8.64. The molecule has 1 saturated carbocycles. The summed E-state index contributed by atoms with van der Waals surface area (Å²) in [6.07, 6.45) is 3.73. The van der Waals surface area contributed by atoms with Gasteiger partial charge in [0, 0.05) is 34.6 Å². The quantitative estimate of drug-likeness (QED) is 0.345. The van der Waals surface area contributed by atoms with Gasteiger partial charge in [0.25, 0.3) is 5.91 Å². The molecule has 6 N–H and O–H groups in total. The highest BCUT2D eigenvalue weighted by Gasteiger charge is 2.64. The van der Waals surface area contributed by atoms with Gasteiger partial charge in [-0.2, -0.15) is 11.8 Å². The Hall–Kier alpha value is -3.67. The Bertz CT molecular complexity index is 1480. The van der Waals surface area contributed by atoms with Crippen LogP contribution in [0.1, 0.15) is 23.1 Å². The van der Waals surface area contributed by atoms with Crippen LogP contribution in [0, 0.1) is 11.8 Å². The minimum Gasteiger partial charge on any atom is -0.508 e. The minimum atomic E-state index is -2.67. The molecule has 0 radical (unpaired) electrons. The maximum atomic E-state index is 14.0. The van der Waals surface area contributed by atoms with Gasteiger partial charge in [-0.15, -0.1) is 0 Å². The fourth-order valence-corrected chi connectivity index (χ4v) is 6.91. The topological polar surface area (TPSA) is 174 Å². The number of carbonyl (C=O) groups excluding carboxylic acids is 3. The van der Waals surface area contributed by atoms with Gasteiger partial charge in [0.15, 0.2) is 11.4 Å². The molecule has 39 heavy (non-hydrogen) atoms. The fourth-order valence-electron chi connectivity index (χ4n) is 6.38. The van der Waals surface area contributed by atoms with E-state index in [-0.39, 0.29) is 29.7 Å². The van der Waals surface area contributed by atoms with Crippen LogP contribution in [-0.4, -0.2) is 79.8 Å². The van der Waals surface area contributed by atoms with Crippen LogP contribution in [0.15, 0.2) is 47.4 Å². The van der Waals surface area contributed by atoms with Gasteiger partial charge in [-0.05, 0) is 62.9 Å². The third kappa shape index (κ3) is 3.79. The van der Waals surface area contributed by atoms with E-state index in [9.17, 15) is 34.8 Å². The zero-order valence-electron chi connectivity index (χ0n) is 21.6. The fraction of sp³-hybridized carbons (Fsp3) is 0.357. The van der Waals surface area contributed by atoms with Crippen molar-refractivity contribution in [2.24, 2.45) is 17.6 Å². The van der Waals surface area contributed by atoms with E-state index in [0.717, 1.165) is 0 Å². The van der Waals surface area contributed by atoms with Gasteiger partial charge in [0.2, 0.25) is 5.78 Å². The smallest absolute Gasteiger partial charge is 0.255 e. The van der Waals surface area contributed by atoms with Crippen LogP contribution < -0.4 is 5.73 Å². The number of Topliss-reactive ketones (excluding diaryl/α,β-unsaturated/α-hetero) is 2. The van der Waals surface area contributed by atoms with E-state index in [2.05, 4.69) is 4.98 Å². The largest absolute Gasteiger partial charge is 0.508 e. The van der Waals surface area contributed by atoms with Gasteiger partial charge >= 0.3 is 0 Å².